The molecule has 0 aliphatic carbocycles. The predicted octanol–water partition coefficient (Wildman–Crippen LogP) is 5.41. The standard InChI is InChI=1S/C29H25FN4O6/c1-15-24(21-7-6-12-39-21)27(35)25(16(2)34(15)3)28(36)32-17-8-9-20(18(30)13-17)40-22-10-11-31-19-14-23(37-4)29(38-5)33-26(19)22/h6-14H,1-5H3,(H,32,36). The van der Waals surface area contributed by atoms with Gasteiger partial charge >= 0.3 is 0 Å². The number of amides is 1. The molecule has 0 saturated heterocycles. The van der Waals surface area contributed by atoms with Crippen molar-refractivity contribution >= 4 is 22.6 Å². The summed E-state index contributed by atoms with van der Waals surface area (Å²) in [6.07, 6.45) is 2.96. The van der Waals surface area contributed by atoms with E-state index in [0.717, 1.165) is 6.07 Å². The number of fused-ring (bicyclic) bond motifs is 1. The zero-order valence-corrected chi connectivity index (χ0v) is 22.4. The maximum absolute atomic E-state index is 15.1. The highest BCUT2D eigenvalue weighted by Crippen LogP contribution is 2.35. The van der Waals surface area contributed by atoms with Crippen LogP contribution in [0.4, 0.5) is 10.1 Å². The summed E-state index contributed by atoms with van der Waals surface area (Å²) in [4.78, 5) is 35.2. The van der Waals surface area contributed by atoms with Gasteiger partial charge < -0.3 is 28.5 Å². The van der Waals surface area contributed by atoms with E-state index in [1.54, 1.807) is 49.7 Å². The van der Waals surface area contributed by atoms with E-state index in [-0.39, 0.29) is 34.2 Å². The van der Waals surface area contributed by atoms with Crippen LogP contribution in [0.1, 0.15) is 21.7 Å². The number of anilines is 1. The lowest BCUT2D eigenvalue weighted by Crippen LogP contribution is -2.28. The van der Waals surface area contributed by atoms with Crippen molar-refractivity contribution in [2.45, 2.75) is 13.8 Å². The number of carbonyl (C=O) groups excluding carboxylic acids is 1. The largest absolute Gasteiger partial charge is 0.491 e. The molecule has 40 heavy (non-hydrogen) atoms. The molecule has 0 saturated carbocycles. The fourth-order valence-electron chi connectivity index (χ4n) is 4.38. The number of hydrogen-bond acceptors (Lipinski definition) is 8. The Kier molecular flexibility index (Phi) is 6.95. The minimum absolute atomic E-state index is 0.0704. The summed E-state index contributed by atoms with van der Waals surface area (Å²) in [5, 5.41) is 2.62. The number of nitrogens with zero attached hydrogens (tertiary/aromatic N) is 3. The van der Waals surface area contributed by atoms with Crippen LogP contribution in [-0.2, 0) is 7.05 Å². The fraction of sp³-hybridized carbons (Fsp3) is 0.172. The molecule has 0 bridgehead atoms. The van der Waals surface area contributed by atoms with E-state index in [1.165, 1.54) is 38.8 Å². The van der Waals surface area contributed by atoms with Crippen LogP contribution < -0.4 is 25.0 Å². The van der Waals surface area contributed by atoms with Crippen LogP contribution in [0, 0.1) is 19.7 Å². The van der Waals surface area contributed by atoms with E-state index < -0.39 is 17.2 Å². The van der Waals surface area contributed by atoms with Crippen molar-refractivity contribution in [2.24, 2.45) is 7.05 Å². The zero-order chi connectivity index (χ0) is 28.6. The molecule has 5 aromatic rings. The second-order valence-corrected chi connectivity index (χ2v) is 8.86. The number of nitrogens with one attached hydrogen (secondary N) is 1. The quantitative estimate of drug-likeness (QED) is 0.289. The summed E-state index contributed by atoms with van der Waals surface area (Å²) in [7, 11) is 4.69. The van der Waals surface area contributed by atoms with Crippen LogP contribution in [-0.4, -0.2) is 34.7 Å². The molecule has 1 amide bonds. The van der Waals surface area contributed by atoms with Crippen LogP contribution in [0.5, 0.6) is 23.1 Å². The average molecular weight is 545 g/mol. The average Bonchev–Trinajstić information content (AvgIpc) is 3.47. The van der Waals surface area contributed by atoms with Gasteiger partial charge in [-0.25, -0.2) is 9.37 Å². The fourth-order valence-corrected chi connectivity index (χ4v) is 4.38. The molecule has 0 radical (unpaired) electrons. The Balaban J connectivity index is 1.44. The molecule has 10 nitrogen and oxygen atoms in total. The maximum Gasteiger partial charge on any atom is 0.261 e. The molecule has 5 rings (SSSR count). The number of hydrogen-bond donors (Lipinski definition) is 1. The van der Waals surface area contributed by atoms with Gasteiger partial charge in [0.25, 0.3) is 11.8 Å². The van der Waals surface area contributed by atoms with E-state index in [2.05, 4.69) is 15.3 Å². The van der Waals surface area contributed by atoms with Crippen molar-refractivity contribution in [2.75, 3.05) is 19.5 Å². The number of furan rings is 1. The SMILES string of the molecule is COc1cc2nccc(Oc3ccc(NC(=O)c4c(C)n(C)c(C)c(-c5ccco5)c4=O)cc3F)c2nc1OC. The molecule has 11 heteroatoms. The number of halogens is 1. The molecule has 0 aliphatic heterocycles. The normalized spacial score (nSPS) is 10.9. The second-order valence-electron chi connectivity index (χ2n) is 8.86. The first-order valence-electron chi connectivity index (χ1n) is 12.1. The Morgan fingerprint density at radius 2 is 1.82 bits per heavy atom. The molecular formula is C29H25FN4O6. The van der Waals surface area contributed by atoms with Gasteiger partial charge in [0.2, 0.25) is 5.43 Å². The Labute approximate surface area is 228 Å². The summed E-state index contributed by atoms with van der Waals surface area (Å²) in [6.45, 7) is 3.44. The van der Waals surface area contributed by atoms with Gasteiger partial charge in [0.1, 0.15) is 16.8 Å². The van der Waals surface area contributed by atoms with Gasteiger partial charge in [-0.05, 0) is 38.1 Å². The molecule has 0 fully saturated rings. The van der Waals surface area contributed by atoms with Gasteiger partial charge in [-0.2, -0.15) is 0 Å². The van der Waals surface area contributed by atoms with Gasteiger partial charge in [0, 0.05) is 48.5 Å². The van der Waals surface area contributed by atoms with Gasteiger partial charge in [-0.3, -0.25) is 14.6 Å². The third kappa shape index (κ3) is 4.62. The van der Waals surface area contributed by atoms with E-state index in [0.29, 0.717) is 33.9 Å². The molecule has 1 N–H and O–H groups in total. The molecule has 0 spiro atoms. The summed E-state index contributed by atoms with van der Waals surface area (Å²) in [5.41, 5.74) is 1.78. The lowest BCUT2D eigenvalue weighted by atomic mass is 10.0. The number of carbonyl (C=O) groups is 1. The summed E-state index contributed by atoms with van der Waals surface area (Å²) in [5.74, 6) is -0.318. The molecule has 4 heterocycles. The van der Waals surface area contributed by atoms with Crippen LogP contribution in [0.15, 0.2) is 64.1 Å². The molecule has 0 aliphatic rings. The highest BCUT2D eigenvalue weighted by Gasteiger charge is 2.24. The molecule has 204 valence electrons. The number of ether oxygens (including phenoxy) is 3. The number of methoxy groups -OCH3 is 2. The van der Waals surface area contributed by atoms with Crippen molar-refractivity contribution < 1.29 is 27.8 Å². The van der Waals surface area contributed by atoms with Crippen LogP contribution in [0.25, 0.3) is 22.4 Å². The van der Waals surface area contributed by atoms with Crippen LogP contribution >= 0.6 is 0 Å². The minimum Gasteiger partial charge on any atom is -0.491 e. The number of aromatic nitrogens is 3. The monoisotopic (exact) mass is 544 g/mol. The molecule has 0 unspecified atom stereocenters. The van der Waals surface area contributed by atoms with Crippen molar-refractivity contribution in [3.8, 4) is 34.5 Å². The highest BCUT2D eigenvalue weighted by molar-refractivity contribution is 6.05. The van der Waals surface area contributed by atoms with E-state index >= 15 is 4.39 Å². The van der Waals surface area contributed by atoms with Crippen molar-refractivity contribution in [3.63, 3.8) is 0 Å². The second kappa shape index (κ2) is 10.5. The third-order valence-electron chi connectivity index (χ3n) is 6.61. The Bertz CT molecular complexity index is 1810. The Hall–Kier alpha value is -5.19. The molecule has 4 aromatic heterocycles. The van der Waals surface area contributed by atoms with E-state index in [9.17, 15) is 9.59 Å². The minimum atomic E-state index is -0.743. The number of pyridine rings is 3. The van der Waals surface area contributed by atoms with E-state index in [1.807, 2.05) is 0 Å². The van der Waals surface area contributed by atoms with Crippen molar-refractivity contribution in [1.82, 2.24) is 14.5 Å². The molecule has 1 aromatic carbocycles. The van der Waals surface area contributed by atoms with E-state index in [4.69, 9.17) is 18.6 Å². The topological polar surface area (TPSA) is 118 Å². The smallest absolute Gasteiger partial charge is 0.261 e. The van der Waals surface area contributed by atoms with Crippen molar-refractivity contribution in [1.29, 1.82) is 0 Å². The first-order chi connectivity index (χ1) is 19.2. The van der Waals surface area contributed by atoms with Crippen LogP contribution in [0.3, 0.4) is 0 Å². The summed E-state index contributed by atoms with van der Waals surface area (Å²) >= 11 is 0. The maximum atomic E-state index is 15.1. The van der Waals surface area contributed by atoms with Gasteiger partial charge in [-0.15, -0.1) is 0 Å². The van der Waals surface area contributed by atoms with Gasteiger partial charge in [0.05, 0.1) is 31.6 Å². The Morgan fingerprint density at radius 1 is 1.02 bits per heavy atom. The third-order valence-corrected chi connectivity index (χ3v) is 6.61. The van der Waals surface area contributed by atoms with Gasteiger partial charge in [0.15, 0.2) is 23.1 Å². The summed E-state index contributed by atoms with van der Waals surface area (Å²) in [6, 6.07) is 10.4. The molecule has 0 atom stereocenters. The highest BCUT2D eigenvalue weighted by atomic mass is 19.1. The number of rotatable bonds is 7. The van der Waals surface area contributed by atoms with Crippen molar-refractivity contribution in [3.05, 3.63) is 87.9 Å². The molecular weight excluding hydrogens is 519 g/mol. The van der Waals surface area contributed by atoms with Gasteiger partial charge in [-0.1, -0.05) is 0 Å². The lowest BCUT2D eigenvalue weighted by Gasteiger charge is -2.17. The first kappa shape index (κ1) is 26.4. The Morgan fingerprint density at radius 3 is 2.50 bits per heavy atom. The zero-order valence-electron chi connectivity index (χ0n) is 22.4. The van der Waals surface area contributed by atoms with Crippen LogP contribution in [0.2, 0.25) is 0 Å². The number of benzene rings is 1. The first-order valence-corrected chi connectivity index (χ1v) is 12.1. The summed E-state index contributed by atoms with van der Waals surface area (Å²) < 4.78 is 38.6. The lowest BCUT2D eigenvalue weighted by molar-refractivity contribution is 0.102. The predicted molar refractivity (Wildman–Crippen MR) is 146 cm³/mol.